The van der Waals surface area contributed by atoms with Gasteiger partial charge in [-0.25, -0.2) is 4.99 Å². The summed E-state index contributed by atoms with van der Waals surface area (Å²) in [5.74, 6) is -0.723. The van der Waals surface area contributed by atoms with Crippen LogP contribution in [0.5, 0.6) is 0 Å². The molecule has 4 aromatic rings. The molecule has 4 aromatic carbocycles. The average Bonchev–Trinajstić information content (AvgIpc) is 2.93. The first-order valence-corrected chi connectivity index (χ1v) is 13.4. The normalized spacial score (nSPS) is 12.2. The highest BCUT2D eigenvalue weighted by Crippen LogP contribution is 2.57. The number of halogens is 1. The van der Waals surface area contributed by atoms with Crippen LogP contribution in [0, 0.1) is 5.92 Å². The van der Waals surface area contributed by atoms with Crippen LogP contribution in [0.4, 0.5) is 5.69 Å². The average molecular weight is 562 g/mol. The Bertz CT molecular complexity index is 1160. The molecule has 0 radical (unpaired) electrons. The number of rotatable bonds is 8. The van der Waals surface area contributed by atoms with Gasteiger partial charge in [0.05, 0.1) is 12.3 Å². The zero-order valence-corrected chi connectivity index (χ0v) is 22.8. The van der Waals surface area contributed by atoms with Gasteiger partial charge < -0.3 is 26.2 Å². The summed E-state index contributed by atoms with van der Waals surface area (Å²) in [6, 6.07) is 40.2. The van der Waals surface area contributed by atoms with Crippen LogP contribution in [0.3, 0.4) is 0 Å². The summed E-state index contributed by atoms with van der Waals surface area (Å²) >= 11 is 0. The summed E-state index contributed by atoms with van der Waals surface area (Å²) in [4.78, 5) is 17.7. The van der Waals surface area contributed by atoms with Crippen LogP contribution >= 0.6 is 7.49 Å². The maximum Gasteiger partial charge on any atom is 0.318 e. The van der Waals surface area contributed by atoms with Crippen molar-refractivity contribution in [2.24, 2.45) is 10.9 Å². The Hall–Kier alpha value is -3.27. The van der Waals surface area contributed by atoms with Crippen LogP contribution in [0.15, 0.2) is 126 Å². The number of benzene rings is 4. The third-order valence-corrected chi connectivity index (χ3v) is 9.13. The molecule has 0 aliphatic heterocycles. The van der Waals surface area contributed by atoms with E-state index in [4.69, 9.17) is 14.3 Å². The van der Waals surface area contributed by atoms with Gasteiger partial charge in [0.2, 0.25) is 0 Å². The molecule has 4 rings (SSSR count). The van der Waals surface area contributed by atoms with Crippen molar-refractivity contribution >= 4 is 41.0 Å². The van der Waals surface area contributed by atoms with E-state index in [9.17, 15) is 4.79 Å². The number of para-hydroxylation sites is 1. The van der Waals surface area contributed by atoms with Crippen LogP contribution in [-0.4, -0.2) is 18.5 Å². The van der Waals surface area contributed by atoms with E-state index in [1.54, 1.807) is 13.8 Å². The van der Waals surface area contributed by atoms with Crippen molar-refractivity contribution in [3.05, 3.63) is 121 Å². The van der Waals surface area contributed by atoms with E-state index in [0.29, 0.717) is 11.6 Å². The molecule has 0 spiro atoms. The smallest absolute Gasteiger partial charge is 0.318 e. The van der Waals surface area contributed by atoms with Crippen LogP contribution in [-0.2, 0) is 14.1 Å². The first-order chi connectivity index (χ1) is 17.1. The minimum Gasteiger partial charge on any atom is -1.00 e. The summed E-state index contributed by atoms with van der Waals surface area (Å²) < 4.78 is 12.5. The largest absolute Gasteiger partial charge is 1.00 e. The lowest BCUT2D eigenvalue weighted by molar-refractivity contribution is -0.145. The number of aliphatic imine (C=N–C) groups is 1. The van der Waals surface area contributed by atoms with Crippen molar-refractivity contribution in [3.63, 3.8) is 0 Å². The molecule has 1 unspecified atom stereocenters. The molecule has 0 amide bonds. The lowest BCUT2D eigenvalue weighted by atomic mass is 10.2. The predicted octanol–water partition coefficient (Wildman–Crippen LogP) is 2.85. The monoisotopic (exact) mass is 561 g/mol. The van der Waals surface area contributed by atoms with Crippen molar-refractivity contribution in [2.45, 2.75) is 13.8 Å². The number of hydrogen-bond acceptors (Lipinski definition) is 4. The molecule has 0 heterocycles. The Labute approximate surface area is 224 Å². The number of esters is 1. The van der Waals surface area contributed by atoms with Crippen molar-refractivity contribution < 1.29 is 31.0 Å². The summed E-state index contributed by atoms with van der Waals surface area (Å²) in [6.45, 7) is 3.88. The summed E-state index contributed by atoms with van der Waals surface area (Å²) in [7, 11) is -2.70. The first-order valence-electron chi connectivity index (χ1n) is 11.7. The second-order valence-corrected chi connectivity index (χ2v) is 10.9. The molecule has 0 bridgehead atoms. The summed E-state index contributed by atoms with van der Waals surface area (Å²) in [6.07, 6.45) is 0. The molecule has 4 nitrogen and oxygen atoms in total. The SMILES string of the molecule is CCOC(=O)C(C)C(=Nc1ccccc1)O[P+](c1ccccc1)(c1ccccc1)c1ccccc1.[Br-]. The molecule has 0 aromatic heterocycles. The minimum absolute atomic E-state index is 0. The molecule has 6 heteroatoms. The summed E-state index contributed by atoms with van der Waals surface area (Å²) in [5, 5.41) is 3.11. The zero-order valence-electron chi connectivity index (χ0n) is 20.3. The van der Waals surface area contributed by atoms with Gasteiger partial charge in [0.1, 0.15) is 21.8 Å². The Morgan fingerprint density at radius 2 is 1.11 bits per heavy atom. The van der Waals surface area contributed by atoms with E-state index in [1.807, 2.05) is 84.9 Å². The Kier molecular flexibility index (Phi) is 9.98. The highest BCUT2D eigenvalue weighted by atomic mass is 79.9. The molecular weight excluding hydrogens is 533 g/mol. The molecule has 0 saturated heterocycles. The highest BCUT2D eigenvalue weighted by molar-refractivity contribution is 7.92. The van der Waals surface area contributed by atoms with Crippen LogP contribution in [0.25, 0.3) is 0 Å². The zero-order chi connectivity index (χ0) is 24.5. The fourth-order valence-corrected chi connectivity index (χ4v) is 7.32. The van der Waals surface area contributed by atoms with Gasteiger partial charge in [-0.2, -0.15) is 0 Å². The molecule has 0 fully saturated rings. The lowest BCUT2D eigenvalue weighted by Crippen LogP contribution is -3.00. The molecule has 36 heavy (non-hydrogen) atoms. The van der Waals surface area contributed by atoms with E-state index in [1.165, 1.54) is 0 Å². The number of hydrogen-bond donors (Lipinski definition) is 0. The number of ether oxygens (including phenoxy) is 1. The lowest BCUT2D eigenvalue weighted by Gasteiger charge is -2.27. The number of carbonyl (C=O) groups is 1. The molecular formula is C30H29BrNO3P. The topological polar surface area (TPSA) is 47.9 Å². The second kappa shape index (κ2) is 13.2. The number of carbonyl (C=O) groups excluding carboxylic acids is 1. The summed E-state index contributed by atoms with van der Waals surface area (Å²) in [5.41, 5.74) is 0.714. The van der Waals surface area contributed by atoms with Gasteiger partial charge in [0.15, 0.2) is 0 Å². The van der Waals surface area contributed by atoms with Crippen molar-refractivity contribution in [3.8, 4) is 0 Å². The fraction of sp³-hybridized carbons (Fsp3) is 0.133. The van der Waals surface area contributed by atoms with Crippen LogP contribution in [0.2, 0.25) is 0 Å². The van der Waals surface area contributed by atoms with Gasteiger partial charge in [-0.1, -0.05) is 72.8 Å². The minimum atomic E-state index is -2.70. The van der Waals surface area contributed by atoms with Crippen LogP contribution in [0.1, 0.15) is 13.8 Å². The van der Waals surface area contributed by atoms with Crippen molar-refractivity contribution in [2.75, 3.05) is 6.61 Å². The highest BCUT2D eigenvalue weighted by Gasteiger charge is 2.51. The van der Waals surface area contributed by atoms with Gasteiger partial charge in [-0.15, -0.1) is 0 Å². The van der Waals surface area contributed by atoms with Crippen LogP contribution < -0.4 is 32.9 Å². The fourth-order valence-electron chi connectivity index (χ4n) is 3.85. The number of nitrogens with zero attached hydrogens (tertiary/aromatic N) is 1. The standard InChI is InChI=1S/C30H29NO3P.BrH/c1-3-33-30(32)24(2)29(31-25-16-8-4-9-17-25)34-35(26-18-10-5-11-19-26,27-20-12-6-13-21-27)28-22-14-7-15-23-28;/h4-24H,3H2,1-2H3;1H/q+1;/p-1. The van der Waals surface area contributed by atoms with Gasteiger partial charge in [-0.05, 0) is 62.4 Å². The maximum atomic E-state index is 12.9. The quantitative estimate of drug-likeness (QED) is 0.144. The van der Waals surface area contributed by atoms with E-state index >= 15 is 0 Å². The van der Waals surface area contributed by atoms with Crippen molar-refractivity contribution in [1.29, 1.82) is 0 Å². The molecule has 0 aliphatic carbocycles. The first kappa shape index (κ1) is 27.3. The Morgan fingerprint density at radius 1 is 0.722 bits per heavy atom. The van der Waals surface area contributed by atoms with Gasteiger partial charge in [-0.3, -0.25) is 4.79 Å². The molecule has 0 aliphatic rings. The third-order valence-electron chi connectivity index (χ3n) is 5.60. The Balaban J connectivity index is 0.00000361. The third kappa shape index (κ3) is 6.10. The van der Waals surface area contributed by atoms with Crippen molar-refractivity contribution in [1.82, 2.24) is 0 Å². The molecule has 1 atom stereocenters. The molecule has 0 saturated carbocycles. The predicted molar refractivity (Wildman–Crippen MR) is 146 cm³/mol. The maximum absolute atomic E-state index is 12.9. The second-order valence-electron chi connectivity index (χ2n) is 7.97. The van der Waals surface area contributed by atoms with E-state index in [-0.39, 0.29) is 29.6 Å². The van der Waals surface area contributed by atoms with E-state index < -0.39 is 13.4 Å². The van der Waals surface area contributed by atoms with Gasteiger partial charge in [0, 0.05) is 0 Å². The van der Waals surface area contributed by atoms with E-state index in [2.05, 4.69) is 36.4 Å². The Morgan fingerprint density at radius 3 is 1.50 bits per heavy atom. The van der Waals surface area contributed by atoms with Gasteiger partial charge in [0.25, 0.3) is 13.4 Å². The van der Waals surface area contributed by atoms with Gasteiger partial charge >= 0.3 is 5.97 Å². The van der Waals surface area contributed by atoms with E-state index in [0.717, 1.165) is 15.9 Å². The molecule has 184 valence electrons. The molecule has 0 N–H and O–H groups in total.